The summed E-state index contributed by atoms with van der Waals surface area (Å²) in [4.78, 5) is 59.0. The highest BCUT2D eigenvalue weighted by molar-refractivity contribution is 8.02. The third-order valence-electron chi connectivity index (χ3n) is 5.68. The molecule has 3 fully saturated rings. The highest BCUT2D eigenvalue weighted by Crippen LogP contribution is 2.71. The van der Waals surface area contributed by atoms with E-state index in [0.29, 0.717) is 6.42 Å². The molecule has 4 rings (SSSR count). The monoisotopic (exact) mass is 469 g/mol. The molecule has 4 atom stereocenters. The summed E-state index contributed by atoms with van der Waals surface area (Å²) in [7, 11) is 0. The molecule has 3 aliphatic rings. The number of aliphatic carboxylic acids is 2. The molecule has 2 saturated heterocycles. The molecule has 2 aliphatic heterocycles. The number of amides is 2. The molecule has 1 aliphatic carbocycles. The van der Waals surface area contributed by atoms with Crippen LogP contribution >= 0.6 is 23.1 Å². The number of rotatable bonds is 7. The van der Waals surface area contributed by atoms with Gasteiger partial charge >= 0.3 is 11.9 Å². The number of carboxylic acid groups (broad SMARTS) is 2. The van der Waals surface area contributed by atoms with E-state index >= 15 is 0 Å². The van der Waals surface area contributed by atoms with E-state index in [4.69, 9.17) is 10.6 Å². The third-order valence-corrected chi connectivity index (χ3v) is 8.08. The van der Waals surface area contributed by atoms with Gasteiger partial charge in [0.05, 0.1) is 4.75 Å². The zero-order valence-electron chi connectivity index (χ0n) is 16.6. The summed E-state index contributed by atoms with van der Waals surface area (Å²) in [5.74, 6) is -3.68. The van der Waals surface area contributed by atoms with Crippen molar-refractivity contribution in [3.05, 3.63) is 11.1 Å². The predicted molar refractivity (Wildman–Crippen MR) is 109 cm³/mol. The second kappa shape index (κ2) is 6.56. The highest BCUT2D eigenvalue weighted by atomic mass is 32.2. The van der Waals surface area contributed by atoms with Gasteiger partial charge in [-0.3, -0.25) is 9.59 Å². The Morgan fingerprint density at radius 2 is 2.10 bits per heavy atom. The van der Waals surface area contributed by atoms with E-state index in [1.807, 2.05) is 0 Å². The standard InChI is InChI=1S/C17H19N5O7S2/c1-15(2,12(25)26)29-21-7(6-4-30-14(18)19-6)9(23)20-8-10(24)22-11(8)31-16(3)5-17(16,22)13(27)28/h4,8,11H,5H2,1-3H3,(H2,18,19)(H,20,23)(H,25,26)(H,27,28)/t8-,11-,16?,17-/m1/s1. The molecule has 0 bridgehead atoms. The zero-order valence-corrected chi connectivity index (χ0v) is 18.2. The topological polar surface area (TPSA) is 185 Å². The molecule has 0 aromatic carbocycles. The quantitative estimate of drug-likeness (QED) is 0.235. The average molecular weight is 470 g/mol. The van der Waals surface area contributed by atoms with Crippen LogP contribution in [-0.2, 0) is 24.0 Å². The smallest absolute Gasteiger partial charge is 0.350 e. The first kappa shape index (κ1) is 21.4. The van der Waals surface area contributed by atoms with Crippen molar-refractivity contribution in [1.82, 2.24) is 15.2 Å². The number of carboxylic acids is 2. The van der Waals surface area contributed by atoms with Gasteiger partial charge in [0.25, 0.3) is 5.91 Å². The number of hydrogen-bond acceptors (Lipinski definition) is 10. The van der Waals surface area contributed by atoms with Crippen molar-refractivity contribution in [3.8, 4) is 0 Å². The maximum Gasteiger partial charge on any atom is 0.350 e. The normalized spacial score (nSPS) is 31.4. The van der Waals surface area contributed by atoms with Gasteiger partial charge in [-0.1, -0.05) is 5.16 Å². The fourth-order valence-corrected chi connectivity index (χ4v) is 6.19. The fraction of sp³-hybridized carbons (Fsp3) is 0.529. The number of anilines is 1. The Bertz CT molecular complexity index is 1060. The number of nitrogens with one attached hydrogen (secondary N) is 1. The SMILES string of the molecule is CC(C)(ON=C(C(=O)N[C@@H]1C(=O)N2[C@@H]1SC1(C)C[C@]21C(=O)O)c1csc(N)n1)C(=O)O. The van der Waals surface area contributed by atoms with Crippen LogP contribution in [0.15, 0.2) is 10.5 Å². The number of hydrogen-bond donors (Lipinski definition) is 4. The van der Waals surface area contributed by atoms with Gasteiger partial charge in [-0.25, -0.2) is 14.6 Å². The number of carbonyl (C=O) groups excluding carboxylic acids is 2. The van der Waals surface area contributed by atoms with Crippen molar-refractivity contribution in [1.29, 1.82) is 0 Å². The first-order chi connectivity index (χ1) is 14.3. The van der Waals surface area contributed by atoms with E-state index in [-0.39, 0.29) is 16.5 Å². The summed E-state index contributed by atoms with van der Waals surface area (Å²) >= 11 is 2.38. The molecule has 1 aromatic rings. The molecule has 1 saturated carbocycles. The van der Waals surface area contributed by atoms with Crippen molar-refractivity contribution in [2.75, 3.05) is 5.73 Å². The van der Waals surface area contributed by atoms with E-state index in [0.717, 1.165) is 11.3 Å². The molecule has 1 unspecified atom stereocenters. The highest BCUT2D eigenvalue weighted by Gasteiger charge is 2.85. The summed E-state index contributed by atoms with van der Waals surface area (Å²) in [5.41, 5.74) is 2.37. The predicted octanol–water partition coefficient (Wildman–Crippen LogP) is -0.305. The van der Waals surface area contributed by atoms with Crippen LogP contribution < -0.4 is 11.1 Å². The Labute approximate surface area is 183 Å². The van der Waals surface area contributed by atoms with Crippen molar-refractivity contribution in [2.45, 2.75) is 54.5 Å². The lowest BCUT2D eigenvalue weighted by Crippen LogP contribution is -2.72. The number of nitrogen functional groups attached to an aromatic ring is 1. The van der Waals surface area contributed by atoms with Crippen LogP contribution in [0.4, 0.5) is 5.13 Å². The Kier molecular flexibility index (Phi) is 4.52. The van der Waals surface area contributed by atoms with Crippen molar-refractivity contribution in [2.24, 2.45) is 5.16 Å². The minimum Gasteiger partial charge on any atom is -0.479 e. The van der Waals surface area contributed by atoms with E-state index in [1.54, 1.807) is 6.92 Å². The van der Waals surface area contributed by atoms with Crippen LogP contribution in [0.25, 0.3) is 0 Å². The minimum atomic E-state index is -1.72. The lowest BCUT2D eigenvalue weighted by molar-refractivity contribution is -0.163. The van der Waals surface area contributed by atoms with Gasteiger partial charge in [0.2, 0.25) is 11.5 Å². The average Bonchev–Trinajstić information content (AvgIpc) is 2.95. The fourth-order valence-electron chi connectivity index (χ4n) is 3.73. The van der Waals surface area contributed by atoms with Gasteiger partial charge in [-0.2, -0.15) is 0 Å². The van der Waals surface area contributed by atoms with E-state index in [2.05, 4.69) is 15.5 Å². The molecule has 1 aromatic heterocycles. The second-order valence-corrected chi connectivity index (χ2v) is 10.7. The van der Waals surface area contributed by atoms with E-state index in [9.17, 15) is 29.4 Å². The van der Waals surface area contributed by atoms with E-state index in [1.165, 1.54) is 35.9 Å². The van der Waals surface area contributed by atoms with Crippen molar-refractivity contribution >= 4 is 57.7 Å². The van der Waals surface area contributed by atoms with Gasteiger partial charge in [0.15, 0.2) is 16.4 Å². The lowest BCUT2D eigenvalue weighted by Gasteiger charge is -2.45. The number of fused-ring (bicyclic) bond motifs is 3. The number of aromatic nitrogens is 1. The molecule has 2 amide bonds. The van der Waals surface area contributed by atoms with Gasteiger partial charge < -0.3 is 31.0 Å². The Morgan fingerprint density at radius 1 is 1.42 bits per heavy atom. The summed E-state index contributed by atoms with van der Waals surface area (Å²) in [6.45, 7) is 4.29. The van der Waals surface area contributed by atoms with Gasteiger partial charge in [0, 0.05) is 11.8 Å². The molecule has 31 heavy (non-hydrogen) atoms. The molecular weight excluding hydrogens is 450 g/mol. The van der Waals surface area contributed by atoms with Crippen LogP contribution in [0.1, 0.15) is 32.9 Å². The molecule has 0 spiro atoms. The molecule has 12 nitrogen and oxygen atoms in total. The maximum absolute atomic E-state index is 12.9. The maximum atomic E-state index is 12.9. The number of carbonyl (C=O) groups is 4. The third kappa shape index (κ3) is 2.96. The summed E-state index contributed by atoms with van der Waals surface area (Å²) in [5, 5.41) is 26.1. The van der Waals surface area contributed by atoms with Gasteiger partial charge in [0.1, 0.15) is 17.1 Å². The van der Waals surface area contributed by atoms with Crippen molar-refractivity contribution < 1.29 is 34.2 Å². The van der Waals surface area contributed by atoms with Crippen LogP contribution in [0.3, 0.4) is 0 Å². The number of oxime groups is 1. The minimum absolute atomic E-state index is 0.0562. The lowest BCUT2D eigenvalue weighted by atomic mass is 10.0. The number of β-lactam (4-membered cyclic amide) rings is 1. The summed E-state index contributed by atoms with van der Waals surface area (Å²) in [6, 6.07) is -0.952. The molecular formula is C17H19N5O7S2. The van der Waals surface area contributed by atoms with Crippen molar-refractivity contribution in [3.63, 3.8) is 0 Å². The molecule has 3 heterocycles. The van der Waals surface area contributed by atoms with Gasteiger partial charge in [-0.05, 0) is 20.8 Å². The summed E-state index contributed by atoms with van der Waals surface area (Å²) in [6.07, 6.45) is 0.353. The first-order valence-corrected chi connectivity index (χ1v) is 10.9. The first-order valence-electron chi connectivity index (χ1n) is 9.10. The number of thiazole rings is 1. The van der Waals surface area contributed by atoms with Crippen LogP contribution in [0.2, 0.25) is 0 Å². The van der Waals surface area contributed by atoms with Crippen LogP contribution in [0, 0.1) is 0 Å². The zero-order chi connectivity index (χ0) is 22.9. The van der Waals surface area contributed by atoms with Crippen LogP contribution in [-0.4, -0.2) is 76.9 Å². The van der Waals surface area contributed by atoms with E-state index < -0.39 is 51.1 Å². The molecule has 5 N–H and O–H groups in total. The van der Waals surface area contributed by atoms with Gasteiger partial charge in [-0.15, -0.1) is 23.1 Å². The molecule has 14 heteroatoms. The summed E-state index contributed by atoms with van der Waals surface area (Å²) < 4.78 is -0.604. The number of thioether (sulfide) groups is 1. The largest absolute Gasteiger partial charge is 0.479 e. The Hall–Kier alpha value is -2.87. The number of nitrogens with zero attached hydrogens (tertiary/aromatic N) is 3. The molecule has 0 radical (unpaired) electrons. The number of nitrogens with two attached hydrogens (primary N) is 1. The Balaban J connectivity index is 1.55. The molecule has 166 valence electrons. The second-order valence-electron chi connectivity index (χ2n) is 8.16. The van der Waals surface area contributed by atoms with Crippen LogP contribution in [0.5, 0.6) is 0 Å². The Morgan fingerprint density at radius 3 is 2.65 bits per heavy atom.